The summed E-state index contributed by atoms with van der Waals surface area (Å²) in [5, 5.41) is 3.10. The maximum Gasteiger partial charge on any atom is 0.130 e. The fraction of sp³-hybridized carbons (Fsp3) is 0.500. The van der Waals surface area contributed by atoms with Crippen molar-refractivity contribution in [3.8, 4) is 0 Å². The van der Waals surface area contributed by atoms with E-state index in [4.69, 9.17) is 5.73 Å². The average Bonchev–Trinajstić information content (AvgIpc) is 2.20. The highest BCUT2D eigenvalue weighted by molar-refractivity contribution is 5.18. The van der Waals surface area contributed by atoms with Crippen LogP contribution < -0.4 is 11.1 Å². The first-order chi connectivity index (χ1) is 7.59. The second-order valence-corrected chi connectivity index (χ2v) is 4.03. The Balaban J connectivity index is 2.27. The lowest BCUT2D eigenvalue weighted by molar-refractivity contribution is 0.544. The van der Waals surface area contributed by atoms with Crippen LogP contribution >= 0.6 is 0 Å². The summed E-state index contributed by atoms with van der Waals surface area (Å²) in [7, 11) is 0. The van der Waals surface area contributed by atoms with Gasteiger partial charge in [-0.3, -0.25) is 0 Å². The first-order valence-corrected chi connectivity index (χ1v) is 5.50. The van der Waals surface area contributed by atoms with Crippen LogP contribution in [0, 0.1) is 11.6 Å². The van der Waals surface area contributed by atoms with Gasteiger partial charge in [-0.2, -0.15) is 0 Å². The van der Waals surface area contributed by atoms with Crippen LogP contribution in [0.25, 0.3) is 0 Å². The third kappa shape index (κ3) is 4.68. The van der Waals surface area contributed by atoms with E-state index in [0.717, 1.165) is 25.5 Å². The van der Waals surface area contributed by atoms with Crippen molar-refractivity contribution in [2.75, 3.05) is 6.54 Å². The topological polar surface area (TPSA) is 38.0 Å². The number of hydrogen-bond donors (Lipinski definition) is 2. The Morgan fingerprint density at radius 3 is 2.75 bits per heavy atom. The molecule has 2 nitrogen and oxygen atoms in total. The summed E-state index contributed by atoms with van der Waals surface area (Å²) < 4.78 is 25.8. The SMILES string of the molecule is CC(N)CCCNCc1ccc(F)cc1F. The van der Waals surface area contributed by atoms with E-state index in [1.807, 2.05) is 6.92 Å². The third-order valence-electron chi connectivity index (χ3n) is 2.34. The molecule has 4 heteroatoms. The van der Waals surface area contributed by atoms with Crippen molar-refractivity contribution >= 4 is 0 Å². The molecule has 16 heavy (non-hydrogen) atoms. The quantitative estimate of drug-likeness (QED) is 0.732. The highest BCUT2D eigenvalue weighted by atomic mass is 19.1. The van der Waals surface area contributed by atoms with Crippen LogP contribution in [0.4, 0.5) is 8.78 Å². The van der Waals surface area contributed by atoms with Crippen LogP contribution in [0.2, 0.25) is 0 Å². The van der Waals surface area contributed by atoms with Gasteiger partial charge < -0.3 is 11.1 Å². The van der Waals surface area contributed by atoms with Crippen molar-refractivity contribution in [3.63, 3.8) is 0 Å². The number of nitrogens with one attached hydrogen (secondary N) is 1. The summed E-state index contributed by atoms with van der Waals surface area (Å²) in [4.78, 5) is 0. The van der Waals surface area contributed by atoms with Crippen LogP contribution in [0.5, 0.6) is 0 Å². The largest absolute Gasteiger partial charge is 0.328 e. The van der Waals surface area contributed by atoms with Crippen molar-refractivity contribution in [3.05, 3.63) is 35.4 Å². The first kappa shape index (κ1) is 13.1. The summed E-state index contributed by atoms with van der Waals surface area (Å²) in [5.74, 6) is -1.04. The molecule has 1 atom stereocenters. The molecular weight excluding hydrogens is 210 g/mol. The lowest BCUT2D eigenvalue weighted by Crippen LogP contribution is -2.20. The molecular formula is C12H18F2N2. The smallest absolute Gasteiger partial charge is 0.130 e. The predicted octanol–water partition coefficient (Wildman–Crippen LogP) is 2.18. The zero-order chi connectivity index (χ0) is 12.0. The standard InChI is InChI=1S/C12H18F2N2/c1-9(15)3-2-6-16-8-10-4-5-11(13)7-12(10)14/h4-5,7,9,16H,2-3,6,8,15H2,1H3. The lowest BCUT2D eigenvalue weighted by Gasteiger charge is -2.07. The molecule has 0 fully saturated rings. The molecule has 0 radical (unpaired) electrons. The second-order valence-electron chi connectivity index (χ2n) is 4.03. The summed E-state index contributed by atoms with van der Waals surface area (Å²) in [6, 6.07) is 3.83. The summed E-state index contributed by atoms with van der Waals surface area (Å²) >= 11 is 0. The van der Waals surface area contributed by atoms with Crippen LogP contribution in [0.15, 0.2) is 18.2 Å². The Morgan fingerprint density at radius 1 is 1.38 bits per heavy atom. The van der Waals surface area contributed by atoms with E-state index in [-0.39, 0.29) is 6.04 Å². The minimum absolute atomic E-state index is 0.198. The zero-order valence-corrected chi connectivity index (χ0v) is 9.47. The average molecular weight is 228 g/mol. The molecule has 1 unspecified atom stereocenters. The molecule has 1 aromatic rings. The number of hydrogen-bond acceptors (Lipinski definition) is 2. The third-order valence-corrected chi connectivity index (χ3v) is 2.34. The van der Waals surface area contributed by atoms with E-state index in [0.29, 0.717) is 12.1 Å². The van der Waals surface area contributed by atoms with Gasteiger partial charge in [0.25, 0.3) is 0 Å². The molecule has 0 heterocycles. The van der Waals surface area contributed by atoms with Gasteiger partial charge in [-0.05, 0) is 32.4 Å². The van der Waals surface area contributed by atoms with E-state index >= 15 is 0 Å². The fourth-order valence-corrected chi connectivity index (χ4v) is 1.44. The molecule has 1 aromatic carbocycles. The minimum atomic E-state index is -0.543. The highest BCUT2D eigenvalue weighted by Gasteiger charge is 2.02. The Hall–Kier alpha value is -1.00. The minimum Gasteiger partial charge on any atom is -0.328 e. The summed E-state index contributed by atoms with van der Waals surface area (Å²) in [6.45, 7) is 3.17. The normalized spacial score (nSPS) is 12.8. The first-order valence-electron chi connectivity index (χ1n) is 5.50. The van der Waals surface area contributed by atoms with Crippen molar-refractivity contribution in [2.45, 2.75) is 32.4 Å². The number of nitrogens with two attached hydrogens (primary N) is 1. The highest BCUT2D eigenvalue weighted by Crippen LogP contribution is 2.08. The lowest BCUT2D eigenvalue weighted by atomic mass is 10.2. The summed E-state index contributed by atoms with van der Waals surface area (Å²) in [5.41, 5.74) is 6.09. The molecule has 0 aliphatic carbocycles. The maximum absolute atomic E-state index is 13.2. The Labute approximate surface area is 94.8 Å². The molecule has 0 spiro atoms. The van der Waals surface area contributed by atoms with Crippen LogP contribution in [-0.4, -0.2) is 12.6 Å². The molecule has 1 rings (SSSR count). The van der Waals surface area contributed by atoms with Gasteiger partial charge >= 0.3 is 0 Å². The van der Waals surface area contributed by atoms with Crippen LogP contribution in [-0.2, 0) is 6.54 Å². The van der Waals surface area contributed by atoms with Gasteiger partial charge in [-0.25, -0.2) is 8.78 Å². The zero-order valence-electron chi connectivity index (χ0n) is 9.47. The van der Waals surface area contributed by atoms with Crippen LogP contribution in [0.1, 0.15) is 25.3 Å². The van der Waals surface area contributed by atoms with Gasteiger partial charge in [-0.15, -0.1) is 0 Å². The van der Waals surface area contributed by atoms with Crippen molar-refractivity contribution < 1.29 is 8.78 Å². The monoisotopic (exact) mass is 228 g/mol. The fourth-order valence-electron chi connectivity index (χ4n) is 1.44. The number of benzene rings is 1. The van der Waals surface area contributed by atoms with Gasteiger partial charge in [0.15, 0.2) is 0 Å². The number of halogens is 2. The summed E-state index contributed by atoms with van der Waals surface area (Å²) in [6.07, 6.45) is 1.90. The maximum atomic E-state index is 13.2. The van der Waals surface area contributed by atoms with E-state index in [9.17, 15) is 8.78 Å². The second kappa shape index (κ2) is 6.55. The molecule has 90 valence electrons. The van der Waals surface area contributed by atoms with Gasteiger partial charge in [0.05, 0.1) is 0 Å². The Bertz CT molecular complexity index is 327. The van der Waals surface area contributed by atoms with E-state index in [1.54, 1.807) is 0 Å². The van der Waals surface area contributed by atoms with Crippen LogP contribution in [0.3, 0.4) is 0 Å². The van der Waals surface area contributed by atoms with Gasteiger partial charge in [0.1, 0.15) is 11.6 Å². The molecule has 0 bridgehead atoms. The van der Waals surface area contributed by atoms with Crippen molar-refractivity contribution in [1.29, 1.82) is 0 Å². The molecule has 0 aromatic heterocycles. The molecule has 0 aliphatic heterocycles. The van der Waals surface area contributed by atoms with Gasteiger partial charge in [0, 0.05) is 24.2 Å². The molecule has 0 saturated heterocycles. The molecule has 0 amide bonds. The number of rotatable bonds is 6. The Morgan fingerprint density at radius 2 is 2.12 bits per heavy atom. The molecule has 0 aliphatic rings. The van der Waals surface area contributed by atoms with Crippen molar-refractivity contribution in [2.24, 2.45) is 5.73 Å². The molecule has 3 N–H and O–H groups in total. The van der Waals surface area contributed by atoms with Gasteiger partial charge in [0.2, 0.25) is 0 Å². The van der Waals surface area contributed by atoms with E-state index in [2.05, 4.69) is 5.32 Å². The van der Waals surface area contributed by atoms with Crippen molar-refractivity contribution in [1.82, 2.24) is 5.32 Å². The van der Waals surface area contributed by atoms with E-state index < -0.39 is 11.6 Å². The predicted molar refractivity (Wildman–Crippen MR) is 60.9 cm³/mol. The van der Waals surface area contributed by atoms with Gasteiger partial charge in [-0.1, -0.05) is 6.07 Å². The van der Waals surface area contributed by atoms with E-state index in [1.165, 1.54) is 12.1 Å². The Kier molecular flexibility index (Phi) is 5.35. The molecule has 0 saturated carbocycles.